The summed E-state index contributed by atoms with van der Waals surface area (Å²) in [5.74, 6) is 0.0710. The number of hydrogen-bond acceptors (Lipinski definition) is 2. The lowest BCUT2D eigenvalue weighted by Crippen LogP contribution is -2.26. The van der Waals surface area contributed by atoms with Crippen LogP contribution in [0.5, 0.6) is 0 Å². The van der Waals surface area contributed by atoms with Gasteiger partial charge in [0.05, 0.1) is 6.04 Å². The van der Waals surface area contributed by atoms with Crippen LogP contribution < -0.4 is 5.32 Å². The van der Waals surface area contributed by atoms with Gasteiger partial charge in [-0.1, -0.05) is 60.7 Å². The molecule has 1 atom stereocenters. The van der Waals surface area contributed by atoms with Gasteiger partial charge in [-0.2, -0.15) is 0 Å². The van der Waals surface area contributed by atoms with Crippen LogP contribution in [0.25, 0.3) is 0 Å². The van der Waals surface area contributed by atoms with Gasteiger partial charge in [-0.15, -0.1) is 0 Å². The van der Waals surface area contributed by atoms with E-state index >= 15 is 0 Å². The minimum Gasteiger partial charge on any atom is -0.350 e. The summed E-state index contributed by atoms with van der Waals surface area (Å²) in [6, 6.07) is 19.0. The summed E-state index contributed by atoms with van der Waals surface area (Å²) in [7, 11) is 0. The van der Waals surface area contributed by atoms with Crippen LogP contribution in [0.1, 0.15) is 48.1 Å². The Labute approximate surface area is 131 Å². The summed E-state index contributed by atoms with van der Waals surface area (Å²) in [5.41, 5.74) is 1.79. The Balaban J connectivity index is 1.73. The summed E-state index contributed by atoms with van der Waals surface area (Å²) < 4.78 is 0. The lowest BCUT2D eigenvalue weighted by Gasteiger charge is -2.14. The SMILES string of the molecule is CC(NC(=O)CCCC(=O)c1ccccc1)c1ccccc1. The third kappa shape index (κ3) is 4.85. The summed E-state index contributed by atoms with van der Waals surface area (Å²) in [6.45, 7) is 1.96. The number of nitrogens with one attached hydrogen (secondary N) is 1. The highest BCUT2D eigenvalue weighted by atomic mass is 16.1. The van der Waals surface area contributed by atoms with Gasteiger partial charge in [0, 0.05) is 18.4 Å². The Morgan fingerprint density at radius 2 is 1.50 bits per heavy atom. The number of benzene rings is 2. The molecule has 0 radical (unpaired) electrons. The molecule has 0 aliphatic rings. The van der Waals surface area contributed by atoms with Crippen LogP contribution >= 0.6 is 0 Å². The first-order chi connectivity index (χ1) is 10.7. The fourth-order valence-corrected chi connectivity index (χ4v) is 2.32. The lowest BCUT2D eigenvalue weighted by atomic mass is 10.0. The fraction of sp³-hybridized carbons (Fsp3) is 0.263. The predicted molar refractivity (Wildman–Crippen MR) is 87.6 cm³/mol. The molecule has 0 aliphatic carbocycles. The molecule has 0 heterocycles. The standard InChI is InChI=1S/C19H21NO2/c1-15(16-9-4-2-5-10-16)20-19(22)14-8-13-18(21)17-11-6-3-7-12-17/h2-7,9-12,15H,8,13-14H2,1H3,(H,20,22). The molecule has 2 aromatic rings. The number of hydrogen-bond donors (Lipinski definition) is 1. The Kier molecular flexibility index (Phi) is 5.90. The van der Waals surface area contributed by atoms with Crippen LogP contribution in [-0.2, 0) is 4.79 Å². The van der Waals surface area contributed by atoms with E-state index in [1.165, 1.54) is 0 Å². The first-order valence-corrected chi connectivity index (χ1v) is 7.59. The number of Topliss-reactive ketones (excluding diaryl/α,β-unsaturated/α-hetero) is 1. The van der Waals surface area contributed by atoms with Gasteiger partial charge in [0.2, 0.25) is 5.91 Å². The molecule has 1 unspecified atom stereocenters. The number of carbonyl (C=O) groups is 2. The molecule has 1 amide bonds. The summed E-state index contributed by atoms with van der Waals surface area (Å²) in [4.78, 5) is 23.9. The van der Waals surface area contributed by atoms with Crippen LogP contribution in [0.15, 0.2) is 60.7 Å². The molecule has 1 N–H and O–H groups in total. The van der Waals surface area contributed by atoms with Crippen molar-refractivity contribution in [3.8, 4) is 0 Å². The van der Waals surface area contributed by atoms with Crippen molar-refractivity contribution in [3.63, 3.8) is 0 Å². The van der Waals surface area contributed by atoms with Gasteiger partial charge in [0.15, 0.2) is 5.78 Å². The third-order valence-electron chi connectivity index (χ3n) is 3.58. The fourth-order valence-electron chi connectivity index (χ4n) is 2.32. The van der Waals surface area contributed by atoms with Crippen molar-refractivity contribution in [3.05, 3.63) is 71.8 Å². The average Bonchev–Trinajstić information content (AvgIpc) is 2.56. The zero-order valence-corrected chi connectivity index (χ0v) is 12.8. The van der Waals surface area contributed by atoms with Crippen molar-refractivity contribution in [2.24, 2.45) is 0 Å². The van der Waals surface area contributed by atoms with Gasteiger partial charge in [-0.05, 0) is 18.9 Å². The first-order valence-electron chi connectivity index (χ1n) is 7.59. The van der Waals surface area contributed by atoms with Crippen molar-refractivity contribution < 1.29 is 9.59 Å². The van der Waals surface area contributed by atoms with Crippen LogP contribution in [0, 0.1) is 0 Å². The van der Waals surface area contributed by atoms with Gasteiger partial charge in [0.1, 0.15) is 0 Å². The minimum absolute atomic E-state index is 0.0153. The number of amides is 1. The Morgan fingerprint density at radius 3 is 2.14 bits per heavy atom. The van der Waals surface area contributed by atoms with E-state index < -0.39 is 0 Å². The molecule has 22 heavy (non-hydrogen) atoms. The molecule has 0 bridgehead atoms. The molecule has 2 rings (SSSR count). The van der Waals surface area contributed by atoms with Crippen molar-refractivity contribution >= 4 is 11.7 Å². The number of carbonyl (C=O) groups excluding carboxylic acids is 2. The number of ketones is 1. The zero-order chi connectivity index (χ0) is 15.8. The Bertz CT molecular complexity index is 608. The van der Waals surface area contributed by atoms with Crippen LogP contribution in [0.4, 0.5) is 0 Å². The van der Waals surface area contributed by atoms with Crippen LogP contribution in [0.3, 0.4) is 0 Å². The molecule has 0 saturated carbocycles. The molecule has 0 fully saturated rings. The summed E-state index contributed by atoms with van der Waals surface area (Å²) in [6.07, 6.45) is 1.34. The van der Waals surface area contributed by atoms with Crippen molar-refractivity contribution in [2.75, 3.05) is 0 Å². The second-order valence-electron chi connectivity index (χ2n) is 5.34. The first kappa shape index (κ1) is 16.0. The molecule has 2 aromatic carbocycles. The van der Waals surface area contributed by atoms with Gasteiger partial charge in [0.25, 0.3) is 0 Å². The average molecular weight is 295 g/mol. The van der Waals surface area contributed by atoms with Crippen LogP contribution in [0.2, 0.25) is 0 Å². The van der Waals surface area contributed by atoms with Gasteiger partial charge in [-0.3, -0.25) is 9.59 Å². The van der Waals surface area contributed by atoms with Crippen molar-refractivity contribution in [1.29, 1.82) is 0 Å². The van der Waals surface area contributed by atoms with Crippen molar-refractivity contribution in [2.45, 2.75) is 32.2 Å². The predicted octanol–water partition coefficient (Wildman–Crippen LogP) is 3.92. The zero-order valence-electron chi connectivity index (χ0n) is 12.8. The van der Waals surface area contributed by atoms with E-state index in [0.29, 0.717) is 24.8 Å². The maximum Gasteiger partial charge on any atom is 0.220 e. The second-order valence-corrected chi connectivity index (χ2v) is 5.34. The van der Waals surface area contributed by atoms with Gasteiger partial charge in [-0.25, -0.2) is 0 Å². The normalized spacial score (nSPS) is 11.7. The van der Waals surface area contributed by atoms with Crippen LogP contribution in [-0.4, -0.2) is 11.7 Å². The van der Waals surface area contributed by atoms with E-state index in [2.05, 4.69) is 5.32 Å². The van der Waals surface area contributed by atoms with E-state index in [1.54, 1.807) is 12.1 Å². The van der Waals surface area contributed by atoms with E-state index in [0.717, 1.165) is 5.56 Å². The maximum atomic E-state index is 11.9. The quantitative estimate of drug-likeness (QED) is 0.787. The highest BCUT2D eigenvalue weighted by Crippen LogP contribution is 2.12. The Hall–Kier alpha value is -2.42. The molecule has 0 spiro atoms. The summed E-state index contributed by atoms with van der Waals surface area (Å²) in [5, 5.41) is 2.96. The van der Waals surface area contributed by atoms with Crippen molar-refractivity contribution in [1.82, 2.24) is 5.32 Å². The molecule has 0 aromatic heterocycles. The van der Waals surface area contributed by atoms with E-state index in [4.69, 9.17) is 0 Å². The molecular formula is C19H21NO2. The second kappa shape index (κ2) is 8.13. The third-order valence-corrected chi connectivity index (χ3v) is 3.58. The molecular weight excluding hydrogens is 274 g/mol. The molecule has 0 saturated heterocycles. The topological polar surface area (TPSA) is 46.2 Å². The van der Waals surface area contributed by atoms with Gasteiger partial charge < -0.3 is 5.32 Å². The molecule has 0 aliphatic heterocycles. The smallest absolute Gasteiger partial charge is 0.220 e. The highest BCUT2D eigenvalue weighted by Gasteiger charge is 2.10. The molecule has 3 heteroatoms. The maximum absolute atomic E-state index is 11.9. The minimum atomic E-state index is -0.0165. The largest absolute Gasteiger partial charge is 0.350 e. The van der Waals surface area contributed by atoms with Gasteiger partial charge >= 0.3 is 0 Å². The van der Waals surface area contributed by atoms with E-state index in [1.807, 2.05) is 55.5 Å². The highest BCUT2D eigenvalue weighted by molar-refractivity contribution is 5.96. The molecule has 3 nitrogen and oxygen atoms in total. The van der Waals surface area contributed by atoms with E-state index in [9.17, 15) is 9.59 Å². The van der Waals surface area contributed by atoms with E-state index in [-0.39, 0.29) is 17.7 Å². The Morgan fingerprint density at radius 1 is 0.909 bits per heavy atom. The molecule has 114 valence electrons. The lowest BCUT2D eigenvalue weighted by molar-refractivity contribution is -0.121. The number of rotatable bonds is 7. The summed E-state index contributed by atoms with van der Waals surface area (Å²) >= 11 is 0. The monoisotopic (exact) mass is 295 g/mol.